The van der Waals surface area contributed by atoms with Crippen molar-refractivity contribution >= 4 is 38.9 Å². The van der Waals surface area contributed by atoms with Gasteiger partial charge in [-0.2, -0.15) is 0 Å². The van der Waals surface area contributed by atoms with Gasteiger partial charge in [0.15, 0.2) is 0 Å². The summed E-state index contributed by atoms with van der Waals surface area (Å²) in [6.45, 7) is 0. The standard InChI is InChI=1S/C7H9BrClNS/c8-7-2-1-6(11-7)5(10)3-4-9/h1-2,5H,3-4,10H2. The van der Waals surface area contributed by atoms with Gasteiger partial charge in [0.05, 0.1) is 3.79 Å². The van der Waals surface area contributed by atoms with Crippen molar-refractivity contribution in [2.75, 3.05) is 5.88 Å². The van der Waals surface area contributed by atoms with E-state index in [-0.39, 0.29) is 6.04 Å². The third kappa shape index (κ3) is 2.75. The normalized spacial score (nSPS) is 13.4. The highest BCUT2D eigenvalue weighted by atomic mass is 79.9. The summed E-state index contributed by atoms with van der Waals surface area (Å²) in [6, 6.07) is 4.14. The lowest BCUT2D eigenvalue weighted by Gasteiger charge is -2.04. The van der Waals surface area contributed by atoms with Crippen molar-refractivity contribution in [1.29, 1.82) is 0 Å². The third-order valence-corrected chi connectivity index (χ3v) is 3.35. The van der Waals surface area contributed by atoms with Crippen LogP contribution >= 0.6 is 38.9 Å². The topological polar surface area (TPSA) is 26.0 Å². The van der Waals surface area contributed by atoms with Gasteiger partial charge in [-0.05, 0) is 34.5 Å². The van der Waals surface area contributed by atoms with Crippen LogP contribution in [0.5, 0.6) is 0 Å². The molecule has 0 aliphatic rings. The Labute approximate surface area is 83.7 Å². The van der Waals surface area contributed by atoms with Crippen molar-refractivity contribution in [1.82, 2.24) is 0 Å². The minimum absolute atomic E-state index is 0.101. The number of thiophene rings is 1. The molecule has 1 unspecified atom stereocenters. The van der Waals surface area contributed by atoms with Crippen molar-refractivity contribution in [2.24, 2.45) is 5.73 Å². The van der Waals surface area contributed by atoms with Gasteiger partial charge >= 0.3 is 0 Å². The second-order valence-corrected chi connectivity index (χ2v) is 5.10. The number of halogens is 2. The van der Waals surface area contributed by atoms with Crippen molar-refractivity contribution in [3.8, 4) is 0 Å². The molecule has 4 heteroatoms. The van der Waals surface area contributed by atoms with Crippen LogP contribution in [0.1, 0.15) is 17.3 Å². The highest BCUT2D eigenvalue weighted by Gasteiger charge is 2.06. The second-order valence-electron chi connectivity index (χ2n) is 2.23. The molecule has 1 aromatic rings. The van der Waals surface area contributed by atoms with Gasteiger partial charge in [0.1, 0.15) is 0 Å². The average molecular weight is 255 g/mol. The van der Waals surface area contributed by atoms with Gasteiger partial charge in [0, 0.05) is 16.8 Å². The minimum Gasteiger partial charge on any atom is -0.323 e. The molecule has 1 rings (SSSR count). The van der Waals surface area contributed by atoms with Gasteiger partial charge in [-0.25, -0.2) is 0 Å². The van der Waals surface area contributed by atoms with Gasteiger partial charge in [-0.3, -0.25) is 0 Å². The van der Waals surface area contributed by atoms with Crippen LogP contribution in [-0.2, 0) is 0 Å². The molecule has 0 fully saturated rings. The van der Waals surface area contributed by atoms with Crippen molar-refractivity contribution in [3.05, 3.63) is 20.8 Å². The Balaban J connectivity index is 2.60. The van der Waals surface area contributed by atoms with E-state index in [1.807, 2.05) is 12.1 Å². The first-order valence-corrected chi connectivity index (χ1v) is 5.45. The lowest BCUT2D eigenvalue weighted by atomic mass is 10.2. The predicted molar refractivity (Wildman–Crippen MR) is 54.3 cm³/mol. The van der Waals surface area contributed by atoms with E-state index < -0.39 is 0 Å². The van der Waals surface area contributed by atoms with E-state index >= 15 is 0 Å². The Morgan fingerprint density at radius 3 is 2.82 bits per heavy atom. The van der Waals surface area contributed by atoms with E-state index in [4.69, 9.17) is 17.3 Å². The summed E-state index contributed by atoms with van der Waals surface area (Å²) in [7, 11) is 0. The molecular formula is C7H9BrClNS. The van der Waals surface area contributed by atoms with E-state index in [0.717, 1.165) is 10.2 Å². The molecule has 0 saturated heterocycles. The van der Waals surface area contributed by atoms with Crippen LogP contribution < -0.4 is 5.73 Å². The number of rotatable bonds is 3. The van der Waals surface area contributed by atoms with Gasteiger partial charge in [-0.1, -0.05) is 0 Å². The Bertz CT molecular complexity index is 226. The largest absolute Gasteiger partial charge is 0.323 e. The fraction of sp³-hybridized carbons (Fsp3) is 0.429. The lowest BCUT2D eigenvalue weighted by molar-refractivity contribution is 0.717. The minimum atomic E-state index is 0.101. The molecule has 0 aromatic carbocycles. The summed E-state index contributed by atoms with van der Waals surface area (Å²) in [5.41, 5.74) is 5.82. The molecule has 0 bridgehead atoms. The molecule has 2 N–H and O–H groups in total. The van der Waals surface area contributed by atoms with Gasteiger partial charge in [0.2, 0.25) is 0 Å². The van der Waals surface area contributed by atoms with Crippen molar-refractivity contribution in [2.45, 2.75) is 12.5 Å². The van der Waals surface area contributed by atoms with E-state index in [1.165, 1.54) is 4.88 Å². The molecule has 1 aromatic heterocycles. The molecule has 0 amide bonds. The van der Waals surface area contributed by atoms with Crippen LogP contribution in [0.2, 0.25) is 0 Å². The maximum absolute atomic E-state index is 5.82. The molecule has 0 spiro atoms. The Morgan fingerprint density at radius 2 is 2.36 bits per heavy atom. The summed E-state index contributed by atoms with van der Waals surface area (Å²) in [6.07, 6.45) is 0.842. The monoisotopic (exact) mass is 253 g/mol. The van der Waals surface area contributed by atoms with Crippen LogP contribution in [0, 0.1) is 0 Å². The summed E-state index contributed by atoms with van der Waals surface area (Å²) in [4.78, 5) is 1.19. The first-order chi connectivity index (χ1) is 5.24. The fourth-order valence-electron chi connectivity index (χ4n) is 0.787. The third-order valence-electron chi connectivity index (χ3n) is 1.38. The first kappa shape index (κ1) is 9.52. The van der Waals surface area contributed by atoms with Gasteiger partial charge in [0.25, 0.3) is 0 Å². The first-order valence-electron chi connectivity index (χ1n) is 3.31. The molecule has 0 saturated carbocycles. The zero-order chi connectivity index (χ0) is 8.27. The second kappa shape index (κ2) is 4.45. The molecule has 1 atom stereocenters. The highest BCUT2D eigenvalue weighted by Crippen LogP contribution is 2.27. The molecule has 1 heterocycles. The number of nitrogens with two attached hydrogens (primary N) is 1. The fourth-order valence-corrected chi connectivity index (χ4v) is 2.48. The van der Waals surface area contributed by atoms with E-state index in [1.54, 1.807) is 11.3 Å². The van der Waals surface area contributed by atoms with Crippen LogP contribution in [0.15, 0.2) is 15.9 Å². The van der Waals surface area contributed by atoms with Crippen LogP contribution in [0.25, 0.3) is 0 Å². The summed E-state index contributed by atoms with van der Waals surface area (Å²) < 4.78 is 1.12. The molecule has 11 heavy (non-hydrogen) atoms. The van der Waals surface area contributed by atoms with Crippen molar-refractivity contribution in [3.63, 3.8) is 0 Å². The Morgan fingerprint density at radius 1 is 1.64 bits per heavy atom. The van der Waals surface area contributed by atoms with Crippen LogP contribution in [0.3, 0.4) is 0 Å². The smallest absolute Gasteiger partial charge is 0.0701 e. The van der Waals surface area contributed by atoms with E-state index in [0.29, 0.717) is 5.88 Å². The molecule has 0 aliphatic heterocycles. The van der Waals surface area contributed by atoms with Crippen LogP contribution in [-0.4, -0.2) is 5.88 Å². The van der Waals surface area contributed by atoms with E-state index in [2.05, 4.69) is 15.9 Å². The van der Waals surface area contributed by atoms with Gasteiger partial charge in [-0.15, -0.1) is 22.9 Å². The highest BCUT2D eigenvalue weighted by molar-refractivity contribution is 9.11. The average Bonchev–Trinajstić information content (AvgIpc) is 2.36. The SMILES string of the molecule is NC(CCCl)c1ccc(Br)s1. The maximum Gasteiger partial charge on any atom is 0.0701 e. The zero-order valence-corrected chi connectivity index (χ0v) is 9.05. The summed E-state index contributed by atoms with van der Waals surface area (Å²) in [5, 5.41) is 0. The summed E-state index contributed by atoms with van der Waals surface area (Å²) >= 11 is 10.6. The number of hydrogen-bond acceptors (Lipinski definition) is 2. The van der Waals surface area contributed by atoms with Gasteiger partial charge < -0.3 is 5.73 Å². The molecule has 0 aliphatic carbocycles. The Hall–Kier alpha value is 0.430. The molecule has 62 valence electrons. The molecular weight excluding hydrogens is 246 g/mol. The molecule has 1 nitrogen and oxygen atoms in total. The van der Waals surface area contributed by atoms with E-state index in [9.17, 15) is 0 Å². The predicted octanol–water partition coefficient (Wildman–Crippen LogP) is 3.14. The number of alkyl halides is 1. The Kier molecular flexibility index (Phi) is 3.85. The number of hydrogen-bond donors (Lipinski definition) is 1. The van der Waals surface area contributed by atoms with Crippen LogP contribution in [0.4, 0.5) is 0 Å². The maximum atomic E-state index is 5.82. The quantitative estimate of drug-likeness (QED) is 0.824. The molecule has 0 radical (unpaired) electrons. The summed E-state index contributed by atoms with van der Waals surface area (Å²) in [5.74, 6) is 0.622. The van der Waals surface area contributed by atoms with Crippen molar-refractivity contribution < 1.29 is 0 Å². The zero-order valence-electron chi connectivity index (χ0n) is 5.89. The lowest BCUT2D eigenvalue weighted by Crippen LogP contribution is -2.08.